The topological polar surface area (TPSA) is 0 Å². The summed E-state index contributed by atoms with van der Waals surface area (Å²) in [4.78, 5) is 0. The van der Waals surface area contributed by atoms with E-state index in [0.29, 0.717) is 0 Å². The van der Waals surface area contributed by atoms with Gasteiger partial charge in [-0.05, 0) is 75.7 Å². The summed E-state index contributed by atoms with van der Waals surface area (Å²) < 4.78 is 0. The molecule has 29 heavy (non-hydrogen) atoms. The van der Waals surface area contributed by atoms with Crippen LogP contribution in [0.3, 0.4) is 0 Å². The molecule has 0 nitrogen and oxygen atoms in total. The predicted octanol–water partition coefficient (Wildman–Crippen LogP) is 6.72. The fourth-order valence-corrected chi connectivity index (χ4v) is 5.94. The van der Waals surface area contributed by atoms with Crippen LogP contribution in [0.2, 0.25) is 5.31 Å². The first-order chi connectivity index (χ1) is 13.9. The fraction of sp³-hybridized carbons (Fsp3) is 0.214. The highest BCUT2D eigenvalue weighted by Gasteiger charge is 2.54. The van der Waals surface area contributed by atoms with Crippen molar-refractivity contribution < 1.29 is 0 Å². The van der Waals surface area contributed by atoms with E-state index in [9.17, 15) is 0 Å². The number of rotatable bonds is 0. The third-order valence-corrected chi connectivity index (χ3v) is 7.32. The van der Waals surface area contributed by atoms with Crippen LogP contribution in [0.5, 0.6) is 0 Å². The zero-order valence-corrected chi connectivity index (χ0v) is 17.2. The lowest BCUT2D eigenvalue weighted by atomic mass is 9.66. The molecule has 2 aromatic carbocycles. The lowest BCUT2D eigenvalue weighted by Gasteiger charge is -2.34. The second kappa shape index (κ2) is 5.42. The van der Waals surface area contributed by atoms with Gasteiger partial charge in [-0.2, -0.15) is 0 Å². The number of hydrogen-bond donors (Lipinski definition) is 0. The maximum atomic E-state index is 6.52. The summed E-state index contributed by atoms with van der Waals surface area (Å²) in [6.45, 7) is 6.68. The molecule has 0 saturated carbocycles. The third kappa shape index (κ3) is 1.96. The Balaban J connectivity index is 1.79. The summed E-state index contributed by atoms with van der Waals surface area (Å²) in [6, 6.07) is 18.0. The minimum absolute atomic E-state index is 0.235. The quantitative estimate of drug-likeness (QED) is 0.452. The molecule has 0 aliphatic heterocycles. The molecule has 0 heterocycles. The van der Waals surface area contributed by atoms with Crippen molar-refractivity contribution in [1.29, 1.82) is 0 Å². The average Bonchev–Trinajstić information content (AvgIpc) is 3.23. The van der Waals surface area contributed by atoms with Crippen LogP contribution in [0.15, 0.2) is 95.1 Å². The minimum Gasteiger partial charge on any atom is -0.0833 e. The van der Waals surface area contributed by atoms with Crippen molar-refractivity contribution in [2.75, 3.05) is 0 Å². The van der Waals surface area contributed by atoms with E-state index in [1.165, 1.54) is 55.7 Å². The van der Waals surface area contributed by atoms with E-state index in [4.69, 9.17) is 7.85 Å². The van der Waals surface area contributed by atoms with Crippen molar-refractivity contribution in [2.24, 2.45) is 0 Å². The predicted molar refractivity (Wildman–Crippen MR) is 123 cm³/mol. The van der Waals surface area contributed by atoms with Gasteiger partial charge in [0, 0.05) is 0 Å². The van der Waals surface area contributed by atoms with Crippen LogP contribution in [0, 0.1) is 0 Å². The van der Waals surface area contributed by atoms with E-state index in [2.05, 4.69) is 93.6 Å². The normalized spacial score (nSPS) is 28.8. The van der Waals surface area contributed by atoms with Crippen molar-refractivity contribution in [2.45, 2.75) is 37.9 Å². The molecule has 0 saturated heterocycles. The Morgan fingerprint density at radius 3 is 2.21 bits per heavy atom. The molecule has 0 amide bonds. The molecule has 0 fully saturated rings. The van der Waals surface area contributed by atoms with Crippen LogP contribution in [0.4, 0.5) is 0 Å². The van der Waals surface area contributed by atoms with Crippen LogP contribution in [-0.4, -0.2) is 7.85 Å². The highest BCUT2D eigenvalue weighted by atomic mass is 14.6. The molecule has 4 aliphatic carbocycles. The maximum Gasteiger partial charge on any atom is 0.0854 e. The molecule has 2 aromatic rings. The van der Waals surface area contributed by atoms with Crippen molar-refractivity contribution in [1.82, 2.24) is 0 Å². The second-order valence-electron chi connectivity index (χ2n) is 9.14. The van der Waals surface area contributed by atoms with Crippen LogP contribution in [0.25, 0.3) is 11.1 Å². The molecule has 1 spiro atoms. The van der Waals surface area contributed by atoms with E-state index in [0.717, 1.165) is 6.42 Å². The molecule has 6 rings (SSSR count). The molecule has 0 N–H and O–H groups in total. The van der Waals surface area contributed by atoms with Gasteiger partial charge in [-0.15, -0.1) is 0 Å². The first kappa shape index (κ1) is 17.1. The van der Waals surface area contributed by atoms with E-state index in [1.54, 1.807) is 0 Å². The Morgan fingerprint density at radius 2 is 1.45 bits per heavy atom. The summed E-state index contributed by atoms with van der Waals surface area (Å²) in [5.41, 5.74) is 14.0. The summed E-state index contributed by atoms with van der Waals surface area (Å²) in [5, 5.41) is -0.438. The van der Waals surface area contributed by atoms with E-state index >= 15 is 0 Å². The number of allylic oxidation sites excluding steroid dienone is 10. The minimum atomic E-state index is -0.438. The Hall–Kier alpha value is -2.80. The van der Waals surface area contributed by atoms with Crippen molar-refractivity contribution in [3.63, 3.8) is 0 Å². The molecular weight excluding hydrogens is 347 g/mol. The Kier molecular flexibility index (Phi) is 3.19. The summed E-state index contributed by atoms with van der Waals surface area (Å²) >= 11 is 0. The largest absolute Gasteiger partial charge is 0.0854 e. The van der Waals surface area contributed by atoms with Gasteiger partial charge in [-0.3, -0.25) is 0 Å². The molecule has 4 aliphatic rings. The Bertz CT molecular complexity index is 1260. The van der Waals surface area contributed by atoms with Crippen LogP contribution < -0.4 is 0 Å². The standard InChI is InChI=1S/C28H23B/c1-17-16-22-20-9-5-7-11-24(20)28(26(22)18(17)2)23-10-6-4-8-19(23)21-12-14-27(3,29)15-13-25(21)28/h4-15H,16H2,1-3H3. The van der Waals surface area contributed by atoms with Crippen molar-refractivity contribution >= 4 is 19.0 Å². The lowest BCUT2D eigenvalue weighted by molar-refractivity contribution is 0.765. The van der Waals surface area contributed by atoms with Gasteiger partial charge in [-0.25, -0.2) is 0 Å². The molecular formula is C28H23B. The smallest absolute Gasteiger partial charge is 0.0833 e. The number of fused-ring (bicyclic) bond motifs is 8. The average molecular weight is 370 g/mol. The van der Waals surface area contributed by atoms with Crippen LogP contribution >= 0.6 is 0 Å². The SMILES string of the molecule is [B]C1(C)C=CC2=C(C=C1)C1(C3=C(CC(C)=C3C)c3ccccc31)c1ccccc12. The highest BCUT2D eigenvalue weighted by Crippen LogP contribution is 2.65. The molecule has 1 heteroatoms. The van der Waals surface area contributed by atoms with Gasteiger partial charge >= 0.3 is 0 Å². The molecule has 2 radical (unpaired) electrons. The van der Waals surface area contributed by atoms with Crippen molar-refractivity contribution in [3.05, 3.63) is 117 Å². The summed E-state index contributed by atoms with van der Waals surface area (Å²) in [7, 11) is 6.52. The second-order valence-corrected chi connectivity index (χ2v) is 9.14. The van der Waals surface area contributed by atoms with Gasteiger partial charge in [0.15, 0.2) is 0 Å². The molecule has 2 unspecified atom stereocenters. The van der Waals surface area contributed by atoms with Gasteiger partial charge in [0.25, 0.3) is 0 Å². The summed E-state index contributed by atoms with van der Waals surface area (Å²) in [5.74, 6) is 0. The lowest BCUT2D eigenvalue weighted by Crippen LogP contribution is -2.28. The zero-order chi connectivity index (χ0) is 20.0. The zero-order valence-electron chi connectivity index (χ0n) is 17.2. The highest BCUT2D eigenvalue weighted by molar-refractivity contribution is 6.18. The van der Waals surface area contributed by atoms with Gasteiger partial charge < -0.3 is 0 Å². The van der Waals surface area contributed by atoms with E-state index in [-0.39, 0.29) is 5.41 Å². The molecule has 0 aromatic heterocycles. The van der Waals surface area contributed by atoms with Crippen molar-refractivity contribution in [3.8, 4) is 0 Å². The first-order valence-electron chi connectivity index (χ1n) is 10.5. The first-order valence-corrected chi connectivity index (χ1v) is 10.5. The van der Waals surface area contributed by atoms with E-state index in [1.807, 2.05) is 0 Å². The van der Waals surface area contributed by atoms with Gasteiger partial charge in [0.1, 0.15) is 0 Å². The monoisotopic (exact) mass is 370 g/mol. The molecule has 2 atom stereocenters. The van der Waals surface area contributed by atoms with Gasteiger partial charge in [0.05, 0.1) is 13.3 Å². The number of benzene rings is 2. The Morgan fingerprint density at radius 1 is 0.828 bits per heavy atom. The van der Waals surface area contributed by atoms with Crippen LogP contribution in [0.1, 0.15) is 49.4 Å². The van der Waals surface area contributed by atoms with Gasteiger partial charge in [-0.1, -0.05) is 85.3 Å². The van der Waals surface area contributed by atoms with Crippen LogP contribution in [-0.2, 0) is 5.41 Å². The maximum absolute atomic E-state index is 6.52. The third-order valence-electron chi connectivity index (χ3n) is 7.32. The van der Waals surface area contributed by atoms with E-state index < -0.39 is 5.31 Å². The van der Waals surface area contributed by atoms with Gasteiger partial charge in [0.2, 0.25) is 0 Å². The molecule has 0 bridgehead atoms. The Labute approximate surface area is 174 Å². The molecule has 138 valence electrons. The summed E-state index contributed by atoms with van der Waals surface area (Å²) in [6.07, 6.45) is 9.93. The fourth-order valence-electron chi connectivity index (χ4n) is 5.94. The number of hydrogen-bond acceptors (Lipinski definition) is 0.